The molecule has 0 unspecified atom stereocenters. The van der Waals surface area contributed by atoms with Crippen molar-refractivity contribution in [3.05, 3.63) is 71.0 Å². The van der Waals surface area contributed by atoms with Crippen molar-refractivity contribution in [2.24, 2.45) is 0 Å². The predicted octanol–water partition coefficient (Wildman–Crippen LogP) is 1.09. The van der Waals surface area contributed by atoms with E-state index in [1.54, 1.807) is 34.9 Å². The van der Waals surface area contributed by atoms with Crippen LogP contribution in [0.25, 0.3) is 16.4 Å². The van der Waals surface area contributed by atoms with Crippen molar-refractivity contribution in [2.75, 3.05) is 6.54 Å². The van der Waals surface area contributed by atoms with E-state index in [9.17, 15) is 13.2 Å². The van der Waals surface area contributed by atoms with Crippen LogP contribution in [-0.4, -0.2) is 34.5 Å². The maximum absolute atomic E-state index is 12.7. The van der Waals surface area contributed by atoms with Crippen LogP contribution in [-0.2, 0) is 16.4 Å². The van der Waals surface area contributed by atoms with Gasteiger partial charge in [-0.1, -0.05) is 36.4 Å². The number of H-pyrrole nitrogens is 1. The SMILES string of the molecule is O=c1[nH]ccn2c(CCNS(=O)(=O)c3cccc4ccccc34)nnc12. The molecule has 26 heavy (non-hydrogen) atoms. The fourth-order valence-electron chi connectivity index (χ4n) is 2.86. The highest BCUT2D eigenvalue weighted by atomic mass is 32.2. The summed E-state index contributed by atoms with van der Waals surface area (Å²) in [5.41, 5.74) is -0.165. The Morgan fingerprint density at radius 2 is 1.88 bits per heavy atom. The predicted molar refractivity (Wildman–Crippen MR) is 96.4 cm³/mol. The van der Waals surface area contributed by atoms with E-state index >= 15 is 0 Å². The van der Waals surface area contributed by atoms with Gasteiger partial charge in [0.1, 0.15) is 5.82 Å². The van der Waals surface area contributed by atoms with Crippen LogP contribution in [0, 0.1) is 0 Å². The molecule has 8 nitrogen and oxygen atoms in total. The molecular formula is C17H15N5O3S. The van der Waals surface area contributed by atoms with Crippen molar-refractivity contribution < 1.29 is 8.42 Å². The van der Waals surface area contributed by atoms with Crippen molar-refractivity contribution in [3.8, 4) is 0 Å². The summed E-state index contributed by atoms with van der Waals surface area (Å²) < 4.78 is 29.5. The summed E-state index contributed by atoms with van der Waals surface area (Å²) in [5, 5.41) is 9.31. The molecule has 2 aromatic heterocycles. The number of fused-ring (bicyclic) bond motifs is 2. The minimum absolute atomic E-state index is 0.138. The van der Waals surface area contributed by atoms with Crippen LogP contribution in [0.3, 0.4) is 0 Å². The second kappa shape index (κ2) is 6.36. The molecule has 0 amide bonds. The molecule has 0 radical (unpaired) electrons. The monoisotopic (exact) mass is 369 g/mol. The molecule has 0 saturated heterocycles. The van der Waals surface area contributed by atoms with Gasteiger partial charge in [-0.05, 0) is 11.5 Å². The van der Waals surface area contributed by atoms with Crippen molar-refractivity contribution in [1.29, 1.82) is 0 Å². The first-order valence-electron chi connectivity index (χ1n) is 7.95. The zero-order valence-corrected chi connectivity index (χ0v) is 14.4. The quantitative estimate of drug-likeness (QED) is 0.547. The fraction of sp³-hybridized carbons (Fsp3) is 0.118. The number of rotatable bonds is 5. The van der Waals surface area contributed by atoms with E-state index in [-0.39, 0.29) is 22.6 Å². The second-order valence-electron chi connectivity index (χ2n) is 5.72. The lowest BCUT2D eigenvalue weighted by Gasteiger charge is -2.09. The van der Waals surface area contributed by atoms with Crippen molar-refractivity contribution in [3.63, 3.8) is 0 Å². The van der Waals surface area contributed by atoms with Gasteiger partial charge in [0.15, 0.2) is 0 Å². The lowest BCUT2D eigenvalue weighted by molar-refractivity contribution is 0.581. The standard InChI is InChI=1S/C17H15N5O3S/c23-17-16-21-20-15(22(16)11-10-18-17)8-9-19-26(24,25)14-7-3-5-12-4-1-2-6-13(12)14/h1-7,10-11,19H,8-9H2,(H,18,23). The number of nitrogens with zero attached hydrogens (tertiary/aromatic N) is 3. The first-order chi connectivity index (χ1) is 12.6. The number of aromatic nitrogens is 4. The van der Waals surface area contributed by atoms with Gasteiger partial charge in [-0.25, -0.2) is 13.1 Å². The van der Waals surface area contributed by atoms with Crippen LogP contribution < -0.4 is 10.3 Å². The smallest absolute Gasteiger partial charge is 0.293 e. The molecule has 0 fully saturated rings. The van der Waals surface area contributed by atoms with Gasteiger partial charge in [0, 0.05) is 30.7 Å². The number of aromatic amines is 1. The summed E-state index contributed by atoms with van der Waals surface area (Å²) in [4.78, 5) is 14.4. The third-order valence-corrected chi connectivity index (χ3v) is 5.61. The molecule has 0 bridgehead atoms. The summed E-state index contributed by atoms with van der Waals surface area (Å²) in [6.07, 6.45) is 3.42. The van der Waals surface area contributed by atoms with Crippen LogP contribution in [0.15, 0.2) is 64.5 Å². The minimum atomic E-state index is -3.68. The average Bonchev–Trinajstić information content (AvgIpc) is 3.06. The Morgan fingerprint density at radius 3 is 2.77 bits per heavy atom. The Kier molecular flexibility index (Phi) is 4.02. The van der Waals surface area contributed by atoms with E-state index < -0.39 is 10.0 Å². The highest BCUT2D eigenvalue weighted by Crippen LogP contribution is 2.22. The number of hydrogen-bond donors (Lipinski definition) is 2. The Bertz CT molecular complexity index is 1250. The van der Waals surface area contributed by atoms with Gasteiger partial charge in [-0.15, -0.1) is 10.2 Å². The van der Waals surface area contributed by atoms with Crippen LogP contribution in [0.5, 0.6) is 0 Å². The molecule has 0 spiro atoms. The maximum atomic E-state index is 12.7. The minimum Gasteiger partial charge on any atom is -0.324 e. The van der Waals surface area contributed by atoms with Crippen LogP contribution in [0.1, 0.15) is 5.82 Å². The molecule has 2 aromatic carbocycles. The number of sulfonamides is 1. The van der Waals surface area contributed by atoms with Crippen molar-refractivity contribution >= 4 is 26.4 Å². The van der Waals surface area contributed by atoms with Gasteiger partial charge < -0.3 is 4.98 Å². The van der Waals surface area contributed by atoms with E-state index in [2.05, 4.69) is 19.9 Å². The lowest BCUT2D eigenvalue weighted by atomic mass is 10.1. The Balaban J connectivity index is 1.57. The molecule has 0 aliphatic heterocycles. The third kappa shape index (κ3) is 2.87. The molecule has 2 N–H and O–H groups in total. The molecular weight excluding hydrogens is 354 g/mol. The number of nitrogens with one attached hydrogen (secondary N) is 2. The number of hydrogen-bond acceptors (Lipinski definition) is 5. The van der Waals surface area contributed by atoms with Crippen molar-refractivity contribution in [1.82, 2.24) is 24.3 Å². The molecule has 9 heteroatoms. The zero-order valence-electron chi connectivity index (χ0n) is 13.6. The van der Waals surface area contributed by atoms with Crippen LogP contribution in [0.4, 0.5) is 0 Å². The topological polar surface area (TPSA) is 109 Å². The molecule has 132 valence electrons. The molecule has 0 saturated carbocycles. The van der Waals surface area contributed by atoms with Crippen LogP contribution >= 0.6 is 0 Å². The van der Waals surface area contributed by atoms with Gasteiger partial charge in [-0.2, -0.15) is 0 Å². The summed E-state index contributed by atoms with van der Waals surface area (Å²) in [5.74, 6) is 0.506. The number of benzene rings is 2. The van der Waals surface area contributed by atoms with Gasteiger partial charge in [0.2, 0.25) is 15.7 Å². The average molecular weight is 369 g/mol. The Morgan fingerprint density at radius 1 is 1.08 bits per heavy atom. The molecule has 0 aliphatic rings. The normalized spacial score (nSPS) is 12.0. The molecule has 4 aromatic rings. The highest BCUT2D eigenvalue weighted by Gasteiger charge is 2.17. The van der Waals surface area contributed by atoms with E-state index in [0.717, 1.165) is 5.39 Å². The van der Waals surface area contributed by atoms with Crippen molar-refractivity contribution in [2.45, 2.75) is 11.3 Å². The largest absolute Gasteiger partial charge is 0.324 e. The Labute approximate surface area is 148 Å². The summed E-state index contributed by atoms with van der Waals surface area (Å²) >= 11 is 0. The summed E-state index contributed by atoms with van der Waals surface area (Å²) in [6, 6.07) is 12.5. The summed E-state index contributed by atoms with van der Waals surface area (Å²) in [7, 11) is -3.68. The Hall–Kier alpha value is -3.04. The maximum Gasteiger partial charge on any atom is 0.293 e. The van der Waals surface area contributed by atoms with Gasteiger partial charge >= 0.3 is 0 Å². The molecule has 0 aliphatic carbocycles. The van der Waals surface area contributed by atoms with Crippen LogP contribution in [0.2, 0.25) is 0 Å². The van der Waals surface area contributed by atoms with E-state index in [1.165, 1.54) is 6.20 Å². The fourth-order valence-corrected chi connectivity index (χ4v) is 4.12. The van der Waals surface area contributed by atoms with Gasteiger partial charge in [0.25, 0.3) is 5.56 Å². The first kappa shape index (κ1) is 16.4. The van der Waals surface area contributed by atoms with E-state index in [1.807, 2.05) is 18.2 Å². The lowest BCUT2D eigenvalue weighted by Crippen LogP contribution is -2.26. The van der Waals surface area contributed by atoms with E-state index in [4.69, 9.17) is 0 Å². The van der Waals surface area contributed by atoms with Gasteiger partial charge in [-0.3, -0.25) is 9.20 Å². The molecule has 2 heterocycles. The molecule has 0 atom stereocenters. The third-order valence-electron chi connectivity index (χ3n) is 4.09. The first-order valence-corrected chi connectivity index (χ1v) is 9.43. The second-order valence-corrected chi connectivity index (χ2v) is 7.46. The zero-order chi connectivity index (χ0) is 18.1. The van der Waals surface area contributed by atoms with E-state index in [0.29, 0.717) is 17.6 Å². The van der Waals surface area contributed by atoms with Gasteiger partial charge in [0.05, 0.1) is 4.90 Å². The summed E-state index contributed by atoms with van der Waals surface area (Å²) in [6.45, 7) is 0.138. The highest BCUT2D eigenvalue weighted by molar-refractivity contribution is 7.89. The molecule has 4 rings (SSSR count).